The van der Waals surface area contributed by atoms with Crippen molar-refractivity contribution < 1.29 is 9.53 Å². The molecule has 1 atom stereocenters. The normalized spacial score (nSPS) is 17.7. The molecule has 0 radical (unpaired) electrons. The van der Waals surface area contributed by atoms with Gasteiger partial charge in [-0.1, -0.05) is 36.9 Å². The molecule has 0 unspecified atom stereocenters. The van der Waals surface area contributed by atoms with Crippen LogP contribution in [0.15, 0.2) is 29.4 Å². The Morgan fingerprint density at radius 1 is 1.32 bits per heavy atom. The number of aromatic nitrogens is 3. The van der Waals surface area contributed by atoms with E-state index >= 15 is 0 Å². The standard InChI is InChI=1S/C18H24N4O2S/c1-4-15-11-21(9-10-24-15)17(23)12-25-18-20-19-14(3)22(18)16-8-6-5-7-13(16)2/h5-8,15H,4,9-12H2,1-3H3/t15-/m1/s1. The first-order valence-corrected chi connectivity index (χ1v) is 9.59. The molecule has 1 aromatic heterocycles. The Hall–Kier alpha value is -1.86. The zero-order valence-electron chi connectivity index (χ0n) is 14.9. The molecule has 2 aromatic rings. The molecule has 1 fully saturated rings. The van der Waals surface area contributed by atoms with Crippen molar-refractivity contribution >= 4 is 17.7 Å². The number of carbonyl (C=O) groups is 1. The number of ether oxygens (including phenoxy) is 1. The second-order valence-electron chi connectivity index (χ2n) is 6.18. The van der Waals surface area contributed by atoms with E-state index in [1.807, 2.05) is 34.6 Å². The fraction of sp³-hybridized carbons (Fsp3) is 0.500. The average Bonchev–Trinajstić information content (AvgIpc) is 3.00. The Bertz CT molecular complexity index is 746. The van der Waals surface area contributed by atoms with Crippen LogP contribution < -0.4 is 0 Å². The minimum Gasteiger partial charge on any atom is -0.375 e. The van der Waals surface area contributed by atoms with E-state index in [1.165, 1.54) is 11.8 Å². The largest absolute Gasteiger partial charge is 0.375 e. The van der Waals surface area contributed by atoms with Gasteiger partial charge in [-0.2, -0.15) is 0 Å². The van der Waals surface area contributed by atoms with Gasteiger partial charge in [-0.15, -0.1) is 10.2 Å². The zero-order chi connectivity index (χ0) is 17.8. The Morgan fingerprint density at radius 2 is 2.12 bits per heavy atom. The van der Waals surface area contributed by atoms with Gasteiger partial charge in [0.05, 0.1) is 24.2 Å². The van der Waals surface area contributed by atoms with Crippen molar-refractivity contribution in [1.82, 2.24) is 19.7 Å². The maximum Gasteiger partial charge on any atom is 0.233 e. The van der Waals surface area contributed by atoms with Gasteiger partial charge >= 0.3 is 0 Å². The van der Waals surface area contributed by atoms with Gasteiger partial charge in [-0.3, -0.25) is 9.36 Å². The molecule has 0 N–H and O–H groups in total. The minimum atomic E-state index is 0.128. The number of benzene rings is 1. The Balaban J connectivity index is 1.70. The number of morpholine rings is 1. The molecule has 6 nitrogen and oxygen atoms in total. The van der Waals surface area contributed by atoms with Crippen molar-refractivity contribution in [3.8, 4) is 5.69 Å². The molecule has 1 aliphatic heterocycles. The van der Waals surface area contributed by atoms with Crippen LogP contribution in [0.3, 0.4) is 0 Å². The monoisotopic (exact) mass is 360 g/mol. The average molecular weight is 360 g/mol. The quantitative estimate of drug-likeness (QED) is 0.767. The summed E-state index contributed by atoms with van der Waals surface area (Å²) < 4.78 is 7.65. The van der Waals surface area contributed by atoms with Crippen molar-refractivity contribution in [3.63, 3.8) is 0 Å². The number of amides is 1. The molecular formula is C18H24N4O2S. The molecule has 1 saturated heterocycles. The summed E-state index contributed by atoms with van der Waals surface area (Å²) in [6.07, 6.45) is 1.08. The topological polar surface area (TPSA) is 60.2 Å². The Kier molecular flexibility index (Phi) is 5.75. The first-order valence-electron chi connectivity index (χ1n) is 8.60. The number of aryl methyl sites for hydroxylation is 2. The first-order chi connectivity index (χ1) is 12.1. The van der Waals surface area contributed by atoms with Crippen LogP contribution in [0, 0.1) is 13.8 Å². The molecule has 3 rings (SSSR count). The number of nitrogens with zero attached hydrogens (tertiary/aromatic N) is 4. The molecule has 134 valence electrons. The third-order valence-electron chi connectivity index (χ3n) is 4.42. The summed E-state index contributed by atoms with van der Waals surface area (Å²) in [7, 11) is 0. The highest BCUT2D eigenvalue weighted by Crippen LogP contribution is 2.24. The van der Waals surface area contributed by atoms with Gasteiger partial charge in [0, 0.05) is 13.1 Å². The minimum absolute atomic E-state index is 0.128. The summed E-state index contributed by atoms with van der Waals surface area (Å²) in [5.74, 6) is 1.31. The molecule has 0 spiro atoms. The molecule has 1 aromatic carbocycles. The highest BCUT2D eigenvalue weighted by atomic mass is 32.2. The van der Waals surface area contributed by atoms with Crippen LogP contribution in [0.1, 0.15) is 24.7 Å². The van der Waals surface area contributed by atoms with E-state index in [4.69, 9.17) is 4.74 Å². The molecule has 0 saturated carbocycles. The van der Waals surface area contributed by atoms with Crippen LogP contribution in [-0.2, 0) is 9.53 Å². The fourth-order valence-electron chi connectivity index (χ4n) is 2.94. The molecule has 25 heavy (non-hydrogen) atoms. The van der Waals surface area contributed by atoms with Crippen LogP contribution in [-0.4, -0.2) is 57.1 Å². The molecule has 1 amide bonds. The smallest absolute Gasteiger partial charge is 0.233 e. The highest BCUT2D eigenvalue weighted by Gasteiger charge is 2.24. The summed E-state index contributed by atoms with van der Waals surface area (Å²) in [6.45, 7) is 8.04. The van der Waals surface area contributed by atoms with Crippen LogP contribution in [0.25, 0.3) is 5.69 Å². The lowest BCUT2D eigenvalue weighted by Gasteiger charge is -2.32. The summed E-state index contributed by atoms with van der Waals surface area (Å²) in [6, 6.07) is 8.12. The van der Waals surface area contributed by atoms with Gasteiger partial charge < -0.3 is 9.64 Å². The number of hydrogen-bond acceptors (Lipinski definition) is 5. The third kappa shape index (κ3) is 4.04. The van der Waals surface area contributed by atoms with Crippen LogP contribution in [0.2, 0.25) is 0 Å². The third-order valence-corrected chi connectivity index (χ3v) is 5.34. The van der Waals surface area contributed by atoms with E-state index in [1.54, 1.807) is 0 Å². The second-order valence-corrected chi connectivity index (χ2v) is 7.12. The van der Waals surface area contributed by atoms with E-state index in [-0.39, 0.29) is 12.0 Å². The van der Waals surface area contributed by atoms with Gasteiger partial charge in [-0.25, -0.2) is 0 Å². The summed E-state index contributed by atoms with van der Waals surface area (Å²) in [4.78, 5) is 14.4. The summed E-state index contributed by atoms with van der Waals surface area (Å²) in [5.41, 5.74) is 2.20. The van der Waals surface area contributed by atoms with Crippen molar-refractivity contribution in [1.29, 1.82) is 0 Å². The van der Waals surface area contributed by atoms with Crippen molar-refractivity contribution in [2.24, 2.45) is 0 Å². The molecule has 0 bridgehead atoms. The molecule has 1 aliphatic rings. The summed E-state index contributed by atoms with van der Waals surface area (Å²) >= 11 is 1.44. The molecule has 0 aliphatic carbocycles. The van der Waals surface area contributed by atoms with Gasteiger partial charge in [-0.05, 0) is 31.9 Å². The molecular weight excluding hydrogens is 336 g/mol. The number of rotatable bonds is 5. The van der Waals surface area contributed by atoms with Crippen LogP contribution in [0.4, 0.5) is 0 Å². The second kappa shape index (κ2) is 8.01. The molecule has 7 heteroatoms. The lowest BCUT2D eigenvalue weighted by atomic mass is 10.2. The lowest BCUT2D eigenvalue weighted by Crippen LogP contribution is -2.46. The lowest BCUT2D eigenvalue weighted by molar-refractivity contribution is -0.135. The van der Waals surface area contributed by atoms with Crippen LogP contribution >= 0.6 is 11.8 Å². The van der Waals surface area contributed by atoms with Gasteiger partial charge in [0.1, 0.15) is 5.82 Å². The number of carbonyl (C=O) groups excluding carboxylic acids is 1. The van der Waals surface area contributed by atoms with Crippen molar-refractivity contribution in [2.75, 3.05) is 25.4 Å². The van der Waals surface area contributed by atoms with Crippen molar-refractivity contribution in [3.05, 3.63) is 35.7 Å². The Morgan fingerprint density at radius 3 is 2.88 bits per heavy atom. The van der Waals surface area contributed by atoms with E-state index in [0.717, 1.165) is 28.7 Å². The van der Waals surface area contributed by atoms with Crippen molar-refractivity contribution in [2.45, 2.75) is 38.5 Å². The van der Waals surface area contributed by atoms with Gasteiger partial charge in [0.25, 0.3) is 0 Å². The number of thioether (sulfide) groups is 1. The van der Waals surface area contributed by atoms with E-state index in [2.05, 4.69) is 30.1 Å². The van der Waals surface area contributed by atoms with Gasteiger partial charge in [0.2, 0.25) is 5.91 Å². The molecule has 2 heterocycles. The maximum atomic E-state index is 12.5. The Labute approximate surface area is 152 Å². The summed E-state index contributed by atoms with van der Waals surface area (Å²) in [5, 5.41) is 9.21. The number of para-hydroxylation sites is 1. The van der Waals surface area contributed by atoms with E-state index in [0.29, 0.717) is 25.4 Å². The fourth-order valence-corrected chi connectivity index (χ4v) is 3.83. The zero-order valence-corrected chi connectivity index (χ0v) is 15.8. The van der Waals surface area contributed by atoms with E-state index in [9.17, 15) is 4.79 Å². The first kappa shape index (κ1) is 17.9. The maximum absolute atomic E-state index is 12.5. The number of hydrogen-bond donors (Lipinski definition) is 0. The van der Waals surface area contributed by atoms with Crippen LogP contribution in [0.5, 0.6) is 0 Å². The predicted octanol–water partition coefficient (Wildman–Crippen LogP) is 2.61. The van der Waals surface area contributed by atoms with Gasteiger partial charge in [0.15, 0.2) is 5.16 Å². The SMILES string of the molecule is CC[C@@H]1CN(C(=O)CSc2nnc(C)n2-c2ccccc2C)CCO1. The predicted molar refractivity (Wildman–Crippen MR) is 98.2 cm³/mol. The highest BCUT2D eigenvalue weighted by molar-refractivity contribution is 7.99. The van der Waals surface area contributed by atoms with E-state index < -0.39 is 0 Å².